The largest absolute Gasteiger partial charge is 0.484 e. The topological polar surface area (TPSA) is 67.9 Å². The highest BCUT2D eigenvalue weighted by molar-refractivity contribution is 5.92. The number of rotatable bonds is 6. The van der Waals surface area contributed by atoms with Crippen LogP contribution in [0.3, 0.4) is 0 Å². The molecule has 1 atom stereocenters. The Balaban J connectivity index is 1.46. The lowest BCUT2D eigenvalue weighted by Crippen LogP contribution is -2.37. The van der Waals surface area contributed by atoms with E-state index in [4.69, 9.17) is 9.47 Å². The number of nitrogens with one attached hydrogen (secondary N) is 1. The van der Waals surface area contributed by atoms with Gasteiger partial charge in [0.2, 0.25) is 0 Å². The monoisotopic (exact) mass is 416 g/mol. The number of carbonyl (C=O) groups is 2. The van der Waals surface area contributed by atoms with Crippen LogP contribution in [0.25, 0.3) is 0 Å². The van der Waals surface area contributed by atoms with E-state index in [-0.39, 0.29) is 18.4 Å². The lowest BCUT2D eigenvalue weighted by Gasteiger charge is -2.22. The number of ether oxygens (including phenoxy) is 2. The molecule has 0 aliphatic carbocycles. The summed E-state index contributed by atoms with van der Waals surface area (Å²) >= 11 is 0. The third-order valence-corrected chi connectivity index (χ3v) is 5.00. The van der Waals surface area contributed by atoms with Gasteiger partial charge < -0.3 is 19.7 Å². The molecule has 6 nitrogen and oxygen atoms in total. The molecule has 0 bridgehead atoms. The predicted molar refractivity (Wildman–Crippen MR) is 118 cm³/mol. The number of para-hydroxylation sites is 1. The Bertz CT molecular complexity index is 1050. The average molecular weight is 416 g/mol. The number of amides is 2. The van der Waals surface area contributed by atoms with Crippen LogP contribution in [-0.4, -0.2) is 29.4 Å². The molecule has 2 amide bonds. The number of anilines is 1. The fraction of sp³-hybridized carbons (Fsp3) is 0.200. The number of hydrogen-bond acceptors (Lipinski definition) is 4. The second-order valence-electron chi connectivity index (χ2n) is 7.41. The van der Waals surface area contributed by atoms with Crippen molar-refractivity contribution < 1.29 is 19.1 Å². The molecule has 0 radical (unpaired) electrons. The summed E-state index contributed by atoms with van der Waals surface area (Å²) < 4.78 is 11.4. The fourth-order valence-corrected chi connectivity index (χ4v) is 3.48. The highest BCUT2D eigenvalue weighted by Gasteiger charge is 2.28. The first-order valence-electron chi connectivity index (χ1n) is 10.2. The van der Waals surface area contributed by atoms with Gasteiger partial charge in [-0.1, -0.05) is 48.5 Å². The Morgan fingerprint density at radius 3 is 2.52 bits per heavy atom. The van der Waals surface area contributed by atoms with E-state index in [0.29, 0.717) is 30.3 Å². The molecule has 31 heavy (non-hydrogen) atoms. The van der Waals surface area contributed by atoms with Gasteiger partial charge in [-0.25, -0.2) is 0 Å². The van der Waals surface area contributed by atoms with Crippen LogP contribution in [0.4, 0.5) is 5.69 Å². The highest BCUT2D eigenvalue weighted by atomic mass is 16.5. The van der Waals surface area contributed by atoms with Crippen LogP contribution in [0, 0.1) is 0 Å². The van der Waals surface area contributed by atoms with Gasteiger partial charge in [0.05, 0.1) is 0 Å². The second-order valence-corrected chi connectivity index (χ2v) is 7.41. The van der Waals surface area contributed by atoms with Crippen molar-refractivity contribution in [3.63, 3.8) is 0 Å². The Morgan fingerprint density at radius 1 is 1.06 bits per heavy atom. The Morgan fingerprint density at radius 2 is 1.77 bits per heavy atom. The molecule has 0 aromatic heterocycles. The fourth-order valence-electron chi connectivity index (χ4n) is 3.48. The molecule has 0 fully saturated rings. The third-order valence-electron chi connectivity index (χ3n) is 5.00. The van der Waals surface area contributed by atoms with Crippen molar-refractivity contribution in [2.75, 3.05) is 11.9 Å². The van der Waals surface area contributed by atoms with Crippen LogP contribution >= 0.6 is 0 Å². The van der Waals surface area contributed by atoms with E-state index in [2.05, 4.69) is 5.32 Å². The van der Waals surface area contributed by atoms with Gasteiger partial charge in [-0.05, 0) is 42.8 Å². The van der Waals surface area contributed by atoms with Gasteiger partial charge in [-0.15, -0.1) is 0 Å². The minimum atomic E-state index is -0.579. The van der Waals surface area contributed by atoms with Crippen molar-refractivity contribution in [1.82, 2.24) is 4.90 Å². The Labute approximate surface area is 181 Å². The second kappa shape index (κ2) is 9.34. The molecule has 0 unspecified atom stereocenters. The van der Waals surface area contributed by atoms with Crippen molar-refractivity contribution >= 4 is 17.5 Å². The van der Waals surface area contributed by atoms with E-state index >= 15 is 0 Å². The molecule has 1 aliphatic heterocycles. The third kappa shape index (κ3) is 5.22. The molecular weight excluding hydrogens is 392 g/mol. The van der Waals surface area contributed by atoms with E-state index in [1.165, 1.54) is 0 Å². The van der Waals surface area contributed by atoms with Crippen molar-refractivity contribution in [2.45, 2.75) is 26.1 Å². The molecule has 0 saturated carbocycles. The van der Waals surface area contributed by atoms with Crippen LogP contribution in [0.5, 0.6) is 11.5 Å². The zero-order valence-electron chi connectivity index (χ0n) is 17.3. The molecular formula is C25H24N2O4. The molecule has 6 heteroatoms. The van der Waals surface area contributed by atoms with E-state index in [9.17, 15) is 9.59 Å². The van der Waals surface area contributed by atoms with Gasteiger partial charge in [-0.2, -0.15) is 0 Å². The SMILES string of the molecule is C[C@@H]1Oc2ccc(NC(=O)COc3ccccc3)cc2CN(Cc2ccccc2)C1=O. The van der Waals surface area contributed by atoms with Crippen LogP contribution < -0.4 is 14.8 Å². The first-order valence-corrected chi connectivity index (χ1v) is 10.2. The molecule has 0 spiro atoms. The summed E-state index contributed by atoms with van der Waals surface area (Å²) in [6, 6.07) is 24.4. The molecule has 1 aliphatic rings. The van der Waals surface area contributed by atoms with Crippen LogP contribution in [0.2, 0.25) is 0 Å². The maximum absolute atomic E-state index is 12.8. The lowest BCUT2D eigenvalue weighted by molar-refractivity contribution is -0.138. The van der Waals surface area contributed by atoms with Gasteiger partial charge in [0.25, 0.3) is 11.8 Å². The number of benzene rings is 3. The van der Waals surface area contributed by atoms with Gasteiger partial charge in [-0.3, -0.25) is 9.59 Å². The first-order chi connectivity index (χ1) is 15.1. The molecule has 1 heterocycles. The van der Waals surface area contributed by atoms with Gasteiger partial charge >= 0.3 is 0 Å². The highest BCUT2D eigenvalue weighted by Crippen LogP contribution is 2.29. The maximum atomic E-state index is 12.8. The summed E-state index contributed by atoms with van der Waals surface area (Å²) in [7, 11) is 0. The number of fused-ring (bicyclic) bond motifs is 1. The average Bonchev–Trinajstić information content (AvgIpc) is 2.90. The van der Waals surface area contributed by atoms with Crippen molar-refractivity contribution in [2.24, 2.45) is 0 Å². The first kappa shape index (κ1) is 20.5. The van der Waals surface area contributed by atoms with E-state index in [1.54, 1.807) is 36.1 Å². The maximum Gasteiger partial charge on any atom is 0.263 e. The minimum absolute atomic E-state index is 0.0677. The lowest BCUT2D eigenvalue weighted by atomic mass is 10.1. The molecule has 0 saturated heterocycles. The van der Waals surface area contributed by atoms with E-state index in [1.807, 2.05) is 54.6 Å². The van der Waals surface area contributed by atoms with Crippen molar-refractivity contribution in [3.05, 3.63) is 90.0 Å². The summed E-state index contributed by atoms with van der Waals surface area (Å²) in [6.07, 6.45) is -0.579. The smallest absolute Gasteiger partial charge is 0.263 e. The van der Waals surface area contributed by atoms with Gasteiger partial charge in [0, 0.05) is 24.3 Å². The predicted octanol–water partition coefficient (Wildman–Crippen LogP) is 4.01. The standard InChI is InChI=1S/C25H24N2O4/c1-18-25(29)27(15-19-8-4-2-5-9-19)16-20-14-21(12-13-23(20)31-18)26-24(28)17-30-22-10-6-3-7-11-22/h2-14,18H,15-17H2,1H3,(H,26,28)/t18-/m0/s1. The molecule has 4 rings (SSSR count). The quantitative estimate of drug-likeness (QED) is 0.659. The Hall–Kier alpha value is -3.80. The molecule has 3 aromatic carbocycles. The van der Waals surface area contributed by atoms with Crippen molar-refractivity contribution in [3.8, 4) is 11.5 Å². The summed E-state index contributed by atoms with van der Waals surface area (Å²) in [5.74, 6) is 0.956. The normalized spacial score (nSPS) is 15.5. The zero-order valence-corrected chi connectivity index (χ0v) is 17.3. The molecule has 1 N–H and O–H groups in total. The zero-order chi connectivity index (χ0) is 21.6. The van der Waals surface area contributed by atoms with Gasteiger partial charge in [0.1, 0.15) is 11.5 Å². The minimum Gasteiger partial charge on any atom is -0.484 e. The molecule has 158 valence electrons. The van der Waals surface area contributed by atoms with Gasteiger partial charge in [0.15, 0.2) is 12.7 Å². The summed E-state index contributed by atoms with van der Waals surface area (Å²) in [6.45, 7) is 2.56. The summed E-state index contributed by atoms with van der Waals surface area (Å²) in [5.41, 5.74) is 2.52. The summed E-state index contributed by atoms with van der Waals surface area (Å²) in [4.78, 5) is 26.9. The number of hydrogen-bond donors (Lipinski definition) is 1. The van der Waals surface area contributed by atoms with Crippen LogP contribution in [-0.2, 0) is 22.7 Å². The van der Waals surface area contributed by atoms with Crippen LogP contribution in [0.15, 0.2) is 78.9 Å². The Kier molecular flexibility index (Phi) is 6.17. The van der Waals surface area contributed by atoms with Crippen LogP contribution in [0.1, 0.15) is 18.1 Å². The molecule has 3 aromatic rings. The summed E-state index contributed by atoms with van der Waals surface area (Å²) in [5, 5.41) is 2.85. The van der Waals surface area contributed by atoms with Crippen molar-refractivity contribution in [1.29, 1.82) is 0 Å². The number of carbonyl (C=O) groups excluding carboxylic acids is 2. The number of nitrogens with zero attached hydrogens (tertiary/aromatic N) is 1. The van der Waals surface area contributed by atoms with E-state index < -0.39 is 6.10 Å². The van der Waals surface area contributed by atoms with E-state index in [0.717, 1.165) is 11.1 Å².